The van der Waals surface area contributed by atoms with Gasteiger partial charge < -0.3 is 24.3 Å². The quantitative estimate of drug-likeness (QED) is 0.456. The third-order valence-corrected chi connectivity index (χ3v) is 4.05. The molecule has 0 unspecified atom stereocenters. The van der Waals surface area contributed by atoms with Crippen LogP contribution in [0.15, 0.2) is 41.5 Å². The molecule has 2 N–H and O–H groups in total. The molecule has 0 aliphatic carbocycles. The smallest absolute Gasteiger partial charge is 0.240 e. The molecule has 30 heavy (non-hydrogen) atoms. The van der Waals surface area contributed by atoms with Crippen molar-refractivity contribution in [3.63, 3.8) is 0 Å². The van der Waals surface area contributed by atoms with Crippen molar-refractivity contribution >= 4 is 23.7 Å². The van der Waals surface area contributed by atoms with Gasteiger partial charge in [0, 0.05) is 18.4 Å². The molecule has 0 fully saturated rings. The van der Waals surface area contributed by atoms with E-state index < -0.39 is 5.91 Å². The lowest BCUT2D eigenvalue weighted by Gasteiger charge is -2.12. The number of methoxy groups -OCH3 is 4. The lowest BCUT2D eigenvalue weighted by Crippen LogP contribution is -2.20. The summed E-state index contributed by atoms with van der Waals surface area (Å²) < 4.78 is 21.0. The highest BCUT2D eigenvalue weighted by Gasteiger charge is 2.13. The summed E-state index contributed by atoms with van der Waals surface area (Å²) in [6.07, 6.45) is 1.43. The Bertz CT molecular complexity index is 888. The van der Waals surface area contributed by atoms with Crippen molar-refractivity contribution in [3.05, 3.63) is 42.0 Å². The fraction of sp³-hybridized carbons (Fsp3) is 0.286. The molecule has 2 amide bonds. The van der Waals surface area contributed by atoms with Crippen molar-refractivity contribution in [1.82, 2.24) is 5.43 Å². The summed E-state index contributed by atoms with van der Waals surface area (Å²) in [5.74, 6) is 1.25. The molecule has 2 aromatic carbocycles. The molecule has 0 aliphatic rings. The predicted molar refractivity (Wildman–Crippen MR) is 113 cm³/mol. The van der Waals surface area contributed by atoms with E-state index in [2.05, 4.69) is 15.8 Å². The van der Waals surface area contributed by atoms with E-state index in [1.54, 1.807) is 36.4 Å². The molecule has 0 saturated carbocycles. The number of nitrogens with zero attached hydrogens (tertiary/aromatic N) is 1. The molecule has 0 spiro atoms. The molecule has 9 nitrogen and oxygen atoms in total. The van der Waals surface area contributed by atoms with Gasteiger partial charge in [0.2, 0.25) is 17.6 Å². The fourth-order valence-electron chi connectivity index (χ4n) is 2.60. The number of hydrogen-bond acceptors (Lipinski definition) is 7. The van der Waals surface area contributed by atoms with Crippen LogP contribution in [0.25, 0.3) is 0 Å². The molecular weight excluding hydrogens is 390 g/mol. The average molecular weight is 415 g/mol. The number of nitrogens with one attached hydrogen (secondary N) is 2. The first-order valence-electron chi connectivity index (χ1n) is 9.07. The second kappa shape index (κ2) is 11.3. The first kappa shape index (κ1) is 22.5. The van der Waals surface area contributed by atoms with Gasteiger partial charge >= 0.3 is 0 Å². The minimum atomic E-state index is -0.395. The lowest BCUT2D eigenvalue weighted by atomic mass is 10.2. The van der Waals surface area contributed by atoms with Gasteiger partial charge in [0.1, 0.15) is 5.75 Å². The van der Waals surface area contributed by atoms with Gasteiger partial charge in [0.05, 0.1) is 40.3 Å². The maximum atomic E-state index is 12.1. The summed E-state index contributed by atoms with van der Waals surface area (Å²) in [7, 11) is 6.05. The van der Waals surface area contributed by atoms with Crippen molar-refractivity contribution in [2.24, 2.45) is 5.10 Å². The first-order valence-corrected chi connectivity index (χ1v) is 9.07. The Morgan fingerprint density at radius 1 is 0.867 bits per heavy atom. The van der Waals surface area contributed by atoms with E-state index in [0.717, 1.165) is 0 Å². The van der Waals surface area contributed by atoms with Crippen LogP contribution in [-0.4, -0.2) is 46.5 Å². The normalized spacial score (nSPS) is 10.4. The van der Waals surface area contributed by atoms with E-state index in [-0.39, 0.29) is 18.7 Å². The maximum Gasteiger partial charge on any atom is 0.240 e. The molecule has 0 heterocycles. The van der Waals surface area contributed by atoms with Gasteiger partial charge in [-0.25, -0.2) is 5.43 Å². The molecule has 2 rings (SSSR count). The van der Waals surface area contributed by atoms with Crippen molar-refractivity contribution in [3.8, 4) is 23.0 Å². The van der Waals surface area contributed by atoms with Crippen LogP contribution in [0.3, 0.4) is 0 Å². The van der Waals surface area contributed by atoms with Crippen LogP contribution in [0.5, 0.6) is 23.0 Å². The number of hydrazone groups is 1. The van der Waals surface area contributed by atoms with E-state index in [4.69, 9.17) is 18.9 Å². The van der Waals surface area contributed by atoms with Crippen LogP contribution >= 0.6 is 0 Å². The van der Waals surface area contributed by atoms with E-state index in [1.165, 1.54) is 34.7 Å². The Morgan fingerprint density at radius 2 is 1.47 bits per heavy atom. The Hall–Kier alpha value is -3.75. The highest BCUT2D eigenvalue weighted by molar-refractivity contribution is 5.94. The molecule has 9 heteroatoms. The van der Waals surface area contributed by atoms with Crippen molar-refractivity contribution in [1.29, 1.82) is 0 Å². The predicted octanol–water partition coefficient (Wildman–Crippen LogP) is 2.59. The fourth-order valence-corrected chi connectivity index (χ4v) is 2.60. The monoisotopic (exact) mass is 415 g/mol. The molecular formula is C21H25N3O6. The second-order valence-corrected chi connectivity index (χ2v) is 6.00. The summed E-state index contributed by atoms with van der Waals surface area (Å²) in [5, 5.41) is 6.62. The highest BCUT2D eigenvalue weighted by Crippen LogP contribution is 2.37. The number of benzene rings is 2. The maximum absolute atomic E-state index is 12.1. The first-order chi connectivity index (χ1) is 14.5. The van der Waals surface area contributed by atoms with E-state index in [0.29, 0.717) is 34.2 Å². The third kappa shape index (κ3) is 6.13. The minimum Gasteiger partial charge on any atom is -0.495 e. The number of ether oxygens (including phenoxy) is 4. The number of rotatable bonds is 10. The highest BCUT2D eigenvalue weighted by atomic mass is 16.5. The molecule has 160 valence electrons. The van der Waals surface area contributed by atoms with E-state index >= 15 is 0 Å². The summed E-state index contributed by atoms with van der Waals surface area (Å²) in [5.41, 5.74) is 3.57. The second-order valence-electron chi connectivity index (χ2n) is 6.00. The number of para-hydroxylation sites is 2. The van der Waals surface area contributed by atoms with Crippen LogP contribution in [0, 0.1) is 0 Å². The summed E-state index contributed by atoms with van der Waals surface area (Å²) in [6, 6.07) is 10.4. The van der Waals surface area contributed by atoms with Gasteiger partial charge in [-0.1, -0.05) is 12.1 Å². The minimum absolute atomic E-state index is 0.00356. The number of carbonyl (C=O) groups is 2. The third-order valence-electron chi connectivity index (χ3n) is 4.05. The lowest BCUT2D eigenvalue weighted by molar-refractivity contribution is -0.124. The zero-order valence-corrected chi connectivity index (χ0v) is 17.4. The van der Waals surface area contributed by atoms with Gasteiger partial charge in [-0.3, -0.25) is 9.59 Å². The van der Waals surface area contributed by atoms with Gasteiger partial charge in [-0.15, -0.1) is 0 Å². The SMILES string of the molecule is COc1ccccc1NC(=O)CCC(=O)N/N=C/c1cc(OC)c(OC)c(OC)c1. The number of amides is 2. The molecule has 0 aromatic heterocycles. The van der Waals surface area contributed by atoms with Crippen molar-refractivity contribution in [2.45, 2.75) is 12.8 Å². The van der Waals surface area contributed by atoms with Crippen molar-refractivity contribution in [2.75, 3.05) is 33.8 Å². The zero-order valence-electron chi connectivity index (χ0n) is 17.4. The molecule has 0 aliphatic heterocycles. The summed E-state index contributed by atoms with van der Waals surface area (Å²) >= 11 is 0. The van der Waals surface area contributed by atoms with Crippen LogP contribution in [-0.2, 0) is 9.59 Å². The van der Waals surface area contributed by atoms with Gasteiger partial charge in [0.15, 0.2) is 11.5 Å². The molecule has 2 aromatic rings. The molecule has 0 radical (unpaired) electrons. The number of anilines is 1. The van der Waals surface area contributed by atoms with Crippen molar-refractivity contribution < 1.29 is 28.5 Å². The van der Waals surface area contributed by atoms with E-state index in [1.807, 2.05) is 0 Å². The topological polar surface area (TPSA) is 107 Å². The summed E-state index contributed by atoms with van der Waals surface area (Å²) in [6.45, 7) is 0. The number of carbonyl (C=O) groups excluding carboxylic acids is 2. The Morgan fingerprint density at radius 3 is 2.07 bits per heavy atom. The summed E-state index contributed by atoms with van der Waals surface area (Å²) in [4.78, 5) is 24.0. The van der Waals surface area contributed by atoms with Crippen LogP contribution in [0.1, 0.15) is 18.4 Å². The Kier molecular flexibility index (Phi) is 8.49. The van der Waals surface area contributed by atoms with Gasteiger partial charge in [0.25, 0.3) is 0 Å². The van der Waals surface area contributed by atoms with Crippen LogP contribution in [0.4, 0.5) is 5.69 Å². The Labute approximate surface area is 175 Å². The molecule has 0 bridgehead atoms. The molecule has 0 atom stereocenters. The Balaban J connectivity index is 1.88. The van der Waals surface area contributed by atoms with Gasteiger partial charge in [-0.2, -0.15) is 5.10 Å². The largest absolute Gasteiger partial charge is 0.495 e. The van der Waals surface area contributed by atoms with Gasteiger partial charge in [-0.05, 0) is 24.3 Å². The van der Waals surface area contributed by atoms with Crippen LogP contribution < -0.4 is 29.7 Å². The number of hydrogen-bond donors (Lipinski definition) is 2. The standard InChI is InChI=1S/C21H25N3O6/c1-27-16-8-6-5-7-15(16)23-19(25)9-10-20(26)24-22-13-14-11-17(28-2)21(30-4)18(12-14)29-3/h5-8,11-13H,9-10H2,1-4H3,(H,23,25)(H,24,26)/b22-13+. The zero-order chi connectivity index (χ0) is 21.9. The molecule has 0 saturated heterocycles. The van der Waals surface area contributed by atoms with E-state index in [9.17, 15) is 9.59 Å². The van der Waals surface area contributed by atoms with Crippen LogP contribution in [0.2, 0.25) is 0 Å². The average Bonchev–Trinajstić information content (AvgIpc) is 2.77.